The van der Waals surface area contributed by atoms with Gasteiger partial charge in [0.1, 0.15) is 11.9 Å². The Kier molecular flexibility index (Phi) is 5.08. The van der Waals surface area contributed by atoms with Crippen LogP contribution < -0.4 is 15.8 Å². The van der Waals surface area contributed by atoms with Crippen molar-refractivity contribution in [2.24, 2.45) is 5.73 Å². The van der Waals surface area contributed by atoms with E-state index in [0.717, 1.165) is 0 Å². The van der Waals surface area contributed by atoms with Gasteiger partial charge in [-0.25, -0.2) is 0 Å². The number of halogens is 1. The molecule has 5 heteroatoms. The largest absolute Gasteiger partial charge is 0.487 e. The second-order valence-electron chi connectivity index (χ2n) is 3.37. The standard InChI is InChI=1S/C11H15ClN2O2/c1-8(7-14-11(15)6-13)16-10-5-3-2-4-9(10)12/h2-5,8H,6-7,13H2,1H3,(H,14,15). The number of amides is 1. The van der Waals surface area contributed by atoms with Crippen molar-refractivity contribution in [3.05, 3.63) is 29.3 Å². The molecule has 0 saturated carbocycles. The topological polar surface area (TPSA) is 64.4 Å². The first-order chi connectivity index (χ1) is 7.63. The van der Waals surface area contributed by atoms with Crippen molar-refractivity contribution in [2.45, 2.75) is 13.0 Å². The Morgan fingerprint density at radius 3 is 2.88 bits per heavy atom. The van der Waals surface area contributed by atoms with Crippen LogP contribution >= 0.6 is 11.6 Å². The molecule has 0 aliphatic carbocycles. The van der Waals surface area contributed by atoms with Crippen LogP contribution in [0.4, 0.5) is 0 Å². The average molecular weight is 243 g/mol. The second-order valence-corrected chi connectivity index (χ2v) is 3.77. The van der Waals surface area contributed by atoms with Crippen LogP contribution in [0.2, 0.25) is 5.02 Å². The summed E-state index contributed by atoms with van der Waals surface area (Å²) in [6, 6.07) is 7.20. The van der Waals surface area contributed by atoms with Crippen LogP contribution in [0.25, 0.3) is 0 Å². The summed E-state index contributed by atoms with van der Waals surface area (Å²) in [6.45, 7) is 2.24. The second kappa shape index (κ2) is 6.35. The van der Waals surface area contributed by atoms with Crippen LogP contribution in [0.15, 0.2) is 24.3 Å². The summed E-state index contributed by atoms with van der Waals surface area (Å²) in [7, 11) is 0. The third-order valence-corrected chi connectivity index (χ3v) is 2.25. The van der Waals surface area contributed by atoms with E-state index in [-0.39, 0.29) is 18.6 Å². The molecule has 0 spiro atoms. The van der Waals surface area contributed by atoms with E-state index in [2.05, 4.69) is 5.32 Å². The quantitative estimate of drug-likeness (QED) is 0.815. The maximum absolute atomic E-state index is 10.9. The van der Waals surface area contributed by atoms with Gasteiger partial charge in [-0.05, 0) is 19.1 Å². The summed E-state index contributed by atoms with van der Waals surface area (Å²) < 4.78 is 5.55. The lowest BCUT2D eigenvalue weighted by atomic mass is 10.3. The number of benzene rings is 1. The molecule has 1 aromatic carbocycles. The minimum Gasteiger partial charge on any atom is -0.487 e. The number of rotatable bonds is 5. The van der Waals surface area contributed by atoms with Crippen molar-refractivity contribution in [2.75, 3.05) is 13.1 Å². The number of nitrogens with one attached hydrogen (secondary N) is 1. The lowest BCUT2D eigenvalue weighted by Crippen LogP contribution is -2.37. The molecule has 1 atom stereocenters. The van der Waals surface area contributed by atoms with E-state index >= 15 is 0 Å². The molecule has 1 unspecified atom stereocenters. The number of hydrogen-bond donors (Lipinski definition) is 2. The zero-order chi connectivity index (χ0) is 12.0. The molecule has 0 aromatic heterocycles. The monoisotopic (exact) mass is 242 g/mol. The molecule has 0 bridgehead atoms. The number of para-hydroxylation sites is 1. The van der Waals surface area contributed by atoms with Gasteiger partial charge in [0.05, 0.1) is 18.1 Å². The first-order valence-electron chi connectivity index (χ1n) is 5.01. The molecular formula is C11H15ClN2O2. The zero-order valence-electron chi connectivity index (χ0n) is 9.07. The van der Waals surface area contributed by atoms with E-state index in [0.29, 0.717) is 17.3 Å². The molecule has 1 aromatic rings. The van der Waals surface area contributed by atoms with Gasteiger partial charge in [0, 0.05) is 0 Å². The van der Waals surface area contributed by atoms with Gasteiger partial charge in [-0.3, -0.25) is 4.79 Å². The normalized spacial score (nSPS) is 11.9. The summed E-state index contributed by atoms with van der Waals surface area (Å²) >= 11 is 5.93. The van der Waals surface area contributed by atoms with Crippen LogP contribution in [-0.2, 0) is 4.79 Å². The Morgan fingerprint density at radius 2 is 2.25 bits per heavy atom. The van der Waals surface area contributed by atoms with Gasteiger partial charge >= 0.3 is 0 Å². The molecule has 1 amide bonds. The average Bonchev–Trinajstić information content (AvgIpc) is 2.29. The van der Waals surface area contributed by atoms with E-state index in [1.54, 1.807) is 12.1 Å². The van der Waals surface area contributed by atoms with Crippen LogP contribution in [-0.4, -0.2) is 25.1 Å². The molecule has 0 radical (unpaired) electrons. The molecule has 88 valence electrons. The van der Waals surface area contributed by atoms with E-state index in [1.807, 2.05) is 19.1 Å². The lowest BCUT2D eigenvalue weighted by Gasteiger charge is -2.15. The van der Waals surface area contributed by atoms with Crippen LogP contribution in [0.5, 0.6) is 5.75 Å². The Bertz CT molecular complexity index is 358. The Hall–Kier alpha value is -1.26. The van der Waals surface area contributed by atoms with Gasteiger partial charge < -0.3 is 15.8 Å². The minimum atomic E-state index is -0.199. The van der Waals surface area contributed by atoms with Gasteiger partial charge in [0.15, 0.2) is 0 Å². The maximum Gasteiger partial charge on any atom is 0.233 e. The Morgan fingerprint density at radius 1 is 1.56 bits per heavy atom. The van der Waals surface area contributed by atoms with Crippen molar-refractivity contribution in [1.29, 1.82) is 0 Å². The van der Waals surface area contributed by atoms with Crippen LogP contribution in [0.3, 0.4) is 0 Å². The zero-order valence-corrected chi connectivity index (χ0v) is 9.83. The fraction of sp³-hybridized carbons (Fsp3) is 0.364. The molecule has 0 aliphatic heterocycles. The number of carbonyl (C=O) groups excluding carboxylic acids is 1. The van der Waals surface area contributed by atoms with E-state index in [4.69, 9.17) is 22.1 Å². The van der Waals surface area contributed by atoms with E-state index < -0.39 is 0 Å². The summed E-state index contributed by atoms with van der Waals surface area (Å²) in [6.07, 6.45) is -0.157. The van der Waals surface area contributed by atoms with Crippen molar-refractivity contribution in [3.8, 4) is 5.75 Å². The van der Waals surface area contributed by atoms with Gasteiger partial charge in [0.2, 0.25) is 5.91 Å². The first kappa shape index (κ1) is 12.8. The van der Waals surface area contributed by atoms with Crippen LogP contribution in [0.1, 0.15) is 6.92 Å². The summed E-state index contributed by atoms with van der Waals surface area (Å²) in [5.41, 5.74) is 5.16. The highest BCUT2D eigenvalue weighted by Crippen LogP contribution is 2.23. The highest BCUT2D eigenvalue weighted by molar-refractivity contribution is 6.32. The number of ether oxygens (including phenoxy) is 1. The number of hydrogen-bond acceptors (Lipinski definition) is 3. The molecule has 0 heterocycles. The molecule has 3 N–H and O–H groups in total. The predicted octanol–water partition coefficient (Wildman–Crippen LogP) is 1.18. The van der Waals surface area contributed by atoms with Crippen molar-refractivity contribution in [1.82, 2.24) is 5.32 Å². The highest BCUT2D eigenvalue weighted by Gasteiger charge is 2.07. The van der Waals surface area contributed by atoms with Crippen LogP contribution in [0, 0.1) is 0 Å². The summed E-state index contributed by atoms with van der Waals surface area (Å²) in [5, 5.41) is 3.19. The molecule has 0 saturated heterocycles. The van der Waals surface area contributed by atoms with Gasteiger partial charge in [-0.15, -0.1) is 0 Å². The molecule has 0 aliphatic rings. The molecule has 4 nitrogen and oxygen atoms in total. The fourth-order valence-electron chi connectivity index (χ4n) is 1.13. The third-order valence-electron chi connectivity index (χ3n) is 1.94. The predicted molar refractivity (Wildman–Crippen MR) is 63.6 cm³/mol. The minimum absolute atomic E-state index is 0.0151. The fourth-order valence-corrected chi connectivity index (χ4v) is 1.31. The molecule has 1 rings (SSSR count). The molecule has 16 heavy (non-hydrogen) atoms. The Balaban J connectivity index is 2.43. The van der Waals surface area contributed by atoms with Gasteiger partial charge in [0.25, 0.3) is 0 Å². The lowest BCUT2D eigenvalue weighted by molar-refractivity contribution is -0.120. The SMILES string of the molecule is CC(CNC(=O)CN)Oc1ccccc1Cl. The Labute approximate surface area is 99.7 Å². The maximum atomic E-state index is 10.9. The first-order valence-corrected chi connectivity index (χ1v) is 5.39. The van der Waals surface area contributed by atoms with Crippen molar-refractivity contribution in [3.63, 3.8) is 0 Å². The number of carbonyl (C=O) groups is 1. The van der Waals surface area contributed by atoms with Gasteiger partial charge in [-0.2, -0.15) is 0 Å². The van der Waals surface area contributed by atoms with Gasteiger partial charge in [-0.1, -0.05) is 23.7 Å². The van der Waals surface area contributed by atoms with Crippen molar-refractivity contribution >= 4 is 17.5 Å². The summed E-state index contributed by atoms with van der Waals surface area (Å²) in [4.78, 5) is 10.9. The van der Waals surface area contributed by atoms with E-state index in [1.165, 1.54) is 0 Å². The molecular weight excluding hydrogens is 228 g/mol. The van der Waals surface area contributed by atoms with E-state index in [9.17, 15) is 4.79 Å². The number of nitrogens with two attached hydrogens (primary N) is 1. The molecule has 0 fully saturated rings. The summed E-state index contributed by atoms with van der Waals surface area (Å²) in [5.74, 6) is 0.410. The third kappa shape index (κ3) is 4.08. The highest BCUT2D eigenvalue weighted by atomic mass is 35.5. The van der Waals surface area contributed by atoms with Crippen molar-refractivity contribution < 1.29 is 9.53 Å². The smallest absolute Gasteiger partial charge is 0.233 e.